The van der Waals surface area contributed by atoms with E-state index in [9.17, 15) is 9.59 Å². The van der Waals surface area contributed by atoms with Crippen LogP contribution in [0.2, 0.25) is 0 Å². The summed E-state index contributed by atoms with van der Waals surface area (Å²) in [5, 5.41) is 26.1. The lowest BCUT2D eigenvalue weighted by atomic mass is 10.2. The van der Waals surface area contributed by atoms with Crippen LogP contribution in [0.3, 0.4) is 0 Å². The van der Waals surface area contributed by atoms with Crippen LogP contribution in [0.1, 0.15) is 13.3 Å². The number of urea groups is 1. The highest BCUT2D eigenvalue weighted by Crippen LogP contribution is 2.04. The number of carboxylic acid groups (broad SMARTS) is 1. The van der Waals surface area contributed by atoms with Gasteiger partial charge < -0.3 is 20.8 Å². The molecule has 1 aromatic rings. The summed E-state index contributed by atoms with van der Waals surface area (Å²) in [6, 6.07) is -1.76. The summed E-state index contributed by atoms with van der Waals surface area (Å²) in [6.07, 6.45) is 3.04. The van der Waals surface area contributed by atoms with Gasteiger partial charge >= 0.3 is 12.0 Å². The molecule has 0 saturated heterocycles. The summed E-state index contributed by atoms with van der Waals surface area (Å²) in [5.41, 5.74) is 0.475. The predicted molar refractivity (Wildman–Crippen MR) is 63.2 cm³/mol. The van der Waals surface area contributed by atoms with Crippen molar-refractivity contribution in [2.24, 2.45) is 0 Å². The van der Waals surface area contributed by atoms with Crippen molar-refractivity contribution in [3.63, 3.8) is 0 Å². The molecule has 0 fully saturated rings. The Bertz CT molecular complexity index is 418. The second kappa shape index (κ2) is 6.60. The van der Waals surface area contributed by atoms with Gasteiger partial charge in [0.25, 0.3) is 0 Å². The first kappa shape index (κ1) is 14.0. The van der Waals surface area contributed by atoms with Crippen molar-refractivity contribution in [3.8, 4) is 0 Å². The van der Waals surface area contributed by atoms with Crippen molar-refractivity contribution in [1.29, 1.82) is 0 Å². The van der Waals surface area contributed by atoms with Crippen molar-refractivity contribution in [2.45, 2.75) is 25.9 Å². The molecule has 8 nitrogen and oxygen atoms in total. The zero-order valence-electron chi connectivity index (χ0n) is 9.96. The molecule has 0 aromatic carbocycles. The number of carboxylic acids is 1. The summed E-state index contributed by atoms with van der Waals surface area (Å²) in [4.78, 5) is 22.3. The minimum Gasteiger partial charge on any atom is -0.480 e. The number of nitrogens with one attached hydrogen (secondary N) is 2. The Morgan fingerprint density at radius 1 is 1.56 bits per heavy atom. The van der Waals surface area contributed by atoms with Gasteiger partial charge in [-0.2, -0.15) is 5.10 Å². The molecule has 1 rings (SSSR count). The average molecular weight is 256 g/mol. The lowest BCUT2D eigenvalue weighted by molar-refractivity contribution is -0.139. The van der Waals surface area contributed by atoms with Crippen LogP contribution in [0, 0.1) is 0 Å². The third-order valence-corrected chi connectivity index (χ3v) is 2.24. The van der Waals surface area contributed by atoms with Gasteiger partial charge in [-0.1, -0.05) is 0 Å². The quantitative estimate of drug-likeness (QED) is 0.565. The topological polar surface area (TPSA) is 116 Å². The molecular weight excluding hydrogens is 240 g/mol. The van der Waals surface area contributed by atoms with Gasteiger partial charge in [0.2, 0.25) is 0 Å². The van der Waals surface area contributed by atoms with E-state index in [2.05, 4.69) is 15.7 Å². The van der Waals surface area contributed by atoms with Gasteiger partial charge in [0.1, 0.15) is 6.04 Å². The van der Waals surface area contributed by atoms with Gasteiger partial charge in [-0.25, -0.2) is 9.59 Å². The average Bonchev–Trinajstić information content (AvgIpc) is 2.76. The first-order valence-corrected chi connectivity index (χ1v) is 5.50. The second-order valence-corrected chi connectivity index (χ2v) is 3.59. The molecular formula is C10H16N4O4. The molecule has 0 saturated carbocycles. The smallest absolute Gasteiger partial charge is 0.326 e. The van der Waals surface area contributed by atoms with Crippen LogP contribution >= 0.6 is 0 Å². The lowest BCUT2D eigenvalue weighted by Gasteiger charge is -2.13. The molecule has 100 valence electrons. The Balaban J connectivity index is 2.51. The molecule has 4 N–H and O–H groups in total. The van der Waals surface area contributed by atoms with Crippen LogP contribution in [0.4, 0.5) is 10.5 Å². The second-order valence-electron chi connectivity index (χ2n) is 3.59. The highest BCUT2D eigenvalue weighted by Gasteiger charge is 2.19. The van der Waals surface area contributed by atoms with E-state index < -0.39 is 18.0 Å². The molecule has 0 radical (unpaired) electrons. The lowest BCUT2D eigenvalue weighted by Crippen LogP contribution is -2.43. The molecule has 0 aliphatic carbocycles. The minimum atomic E-state index is -1.19. The Kier molecular flexibility index (Phi) is 5.12. The molecule has 1 heterocycles. The molecule has 0 aliphatic rings. The third kappa shape index (κ3) is 4.06. The normalized spacial score (nSPS) is 11.9. The number of rotatable bonds is 6. The Morgan fingerprint density at radius 2 is 2.28 bits per heavy atom. The van der Waals surface area contributed by atoms with Crippen molar-refractivity contribution >= 4 is 17.7 Å². The third-order valence-electron chi connectivity index (χ3n) is 2.24. The highest BCUT2D eigenvalue weighted by atomic mass is 16.4. The molecule has 0 unspecified atom stereocenters. The number of aromatic nitrogens is 2. The summed E-state index contributed by atoms with van der Waals surface area (Å²) < 4.78 is 1.62. The number of hydrogen-bond donors (Lipinski definition) is 4. The fraction of sp³-hybridized carbons (Fsp3) is 0.500. The number of anilines is 1. The number of hydrogen-bond acceptors (Lipinski definition) is 4. The van der Waals surface area contributed by atoms with E-state index >= 15 is 0 Å². The van der Waals surface area contributed by atoms with E-state index in [1.165, 1.54) is 6.20 Å². The highest BCUT2D eigenvalue weighted by molar-refractivity contribution is 5.91. The van der Waals surface area contributed by atoms with Crippen molar-refractivity contribution < 1.29 is 19.8 Å². The SMILES string of the molecule is CCn1cc(NC(=O)N[C@@H](CCO)C(=O)O)cn1. The van der Waals surface area contributed by atoms with Gasteiger partial charge in [-0.05, 0) is 6.92 Å². The van der Waals surface area contributed by atoms with Gasteiger partial charge in [0.15, 0.2) is 0 Å². The molecule has 8 heteroatoms. The Morgan fingerprint density at radius 3 is 2.78 bits per heavy atom. The van der Waals surface area contributed by atoms with E-state index in [0.717, 1.165) is 0 Å². The standard InChI is InChI=1S/C10H16N4O4/c1-2-14-6-7(5-11-14)12-10(18)13-8(3-4-15)9(16)17/h5-6,8,15H,2-4H2,1H3,(H,16,17)(H2,12,13,18)/t8-/m0/s1. The maximum atomic E-state index is 11.5. The summed E-state index contributed by atoms with van der Waals surface area (Å²) in [7, 11) is 0. The van der Waals surface area contributed by atoms with Crippen molar-refractivity contribution in [3.05, 3.63) is 12.4 Å². The van der Waals surface area contributed by atoms with Crippen LogP contribution in [-0.4, -0.2) is 44.6 Å². The fourth-order valence-corrected chi connectivity index (χ4v) is 1.31. The monoisotopic (exact) mass is 256 g/mol. The van der Waals surface area contributed by atoms with Crippen LogP contribution in [-0.2, 0) is 11.3 Å². The molecule has 0 spiro atoms. The van der Waals surface area contributed by atoms with Crippen molar-refractivity contribution in [2.75, 3.05) is 11.9 Å². The number of aryl methyl sites for hydroxylation is 1. The first-order valence-electron chi connectivity index (χ1n) is 5.50. The number of amides is 2. The molecule has 1 aromatic heterocycles. The maximum Gasteiger partial charge on any atom is 0.326 e. The van der Waals surface area contributed by atoms with Crippen LogP contribution in [0.15, 0.2) is 12.4 Å². The van der Waals surface area contributed by atoms with Gasteiger partial charge in [0, 0.05) is 25.8 Å². The minimum absolute atomic E-state index is 0.0447. The first-order chi connectivity index (χ1) is 8.56. The van der Waals surface area contributed by atoms with Crippen LogP contribution < -0.4 is 10.6 Å². The zero-order valence-corrected chi connectivity index (χ0v) is 9.96. The van der Waals surface area contributed by atoms with E-state index in [1.807, 2.05) is 6.92 Å². The number of carbonyl (C=O) groups excluding carboxylic acids is 1. The summed E-state index contributed by atoms with van der Waals surface area (Å²) in [5.74, 6) is -1.19. The number of aliphatic hydroxyl groups excluding tert-OH is 1. The van der Waals surface area contributed by atoms with Gasteiger partial charge in [-0.3, -0.25) is 4.68 Å². The Labute approximate surface area is 104 Å². The molecule has 18 heavy (non-hydrogen) atoms. The van der Waals surface area contributed by atoms with Crippen molar-refractivity contribution in [1.82, 2.24) is 15.1 Å². The van der Waals surface area contributed by atoms with Crippen LogP contribution in [0.5, 0.6) is 0 Å². The fourth-order valence-electron chi connectivity index (χ4n) is 1.31. The van der Waals surface area contributed by atoms with Crippen LogP contribution in [0.25, 0.3) is 0 Å². The number of aliphatic hydroxyl groups is 1. The van der Waals surface area contributed by atoms with E-state index in [1.54, 1.807) is 10.9 Å². The Hall–Kier alpha value is -2.09. The van der Waals surface area contributed by atoms with Gasteiger partial charge in [-0.15, -0.1) is 0 Å². The number of carbonyl (C=O) groups is 2. The van der Waals surface area contributed by atoms with Gasteiger partial charge in [0.05, 0.1) is 11.9 Å². The number of aliphatic carboxylic acids is 1. The summed E-state index contributed by atoms with van der Waals surface area (Å²) >= 11 is 0. The summed E-state index contributed by atoms with van der Waals surface area (Å²) in [6.45, 7) is 2.26. The largest absolute Gasteiger partial charge is 0.480 e. The van der Waals surface area contributed by atoms with E-state index in [0.29, 0.717) is 12.2 Å². The molecule has 0 aliphatic heterocycles. The van der Waals surface area contributed by atoms with E-state index in [4.69, 9.17) is 10.2 Å². The molecule has 2 amide bonds. The zero-order chi connectivity index (χ0) is 13.5. The van der Waals surface area contributed by atoms with E-state index in [-0.39, 0.29) is 13.0 Å². The predicted octanol–water partition coefficient (Wildman–Crippen LogP) is -0.140. The number of nitrogens with zero attached hydrogens (tertiary/aromatic N) is 2. The molecule has 0 bridgehead atoms. The molecule has 1 atom stereocenters. The maximum absolute atomic E-state index is 11.5.